The van der Waals surface area contributed by atoms with Crippen LogP contribution in [0.1, 0.15) is 40.1 Å². The van der Waals surface area contributed by atoms with Gasteiger partial charge in [-0.2, -0.15) is 0 Å². The average molecular weight is 399 g/mol. The molecule has 0 atom stereocenters. The van der Waals surface area contributed by atoms with E-state index in [0.717, 1.165) is 90.8 Å². The number of rotatable bonds is 6. The van der Waals surface area contributed by atoms with E-state index in [4.69, 9.17) is 9.47 Å². The summed E-state index contributed by atoms with van der Waals surface area (Å²) in [6, 6.07) is 0. The van der Waals surface area contributed by atoms with Gasteiger partial charge in [0.05, 0.1) is 25.6 Å². The molecule has 3 rings (SSSR count). The summed E-state index contributed by atoms with van der Waals surface area (Å²) in [5, 5.41) is 0. The third kappa shape index (κ3) is 4.87. The van der Waals surface area contributed by atoms with Gasteiger partial charge in [-0.15, -0.1) is 0 Å². The fraction of sp³-hybridized carbons (Fsp3) is 0.565. The standard InChI is InChI=1S/C23H34N4O2/c1-16-12-24-20(18(3)22(16)28-5)14-26-8-7-9-27(11-10-26)15-21-19(4)23(29-6)17(2)13-25-21/h12-13H,7-11,14-15H2,1-6H3. The minimum absolute atomic E-state index is 0.867. The highest BCUT2D eigenvalue weighted by Gasteiger charge is 2.19. The third-order valence-electron chi connectivity index (χ3n) is 5.93. The van der Waals surface area contributed by atoms with E-state index in [1.165, 1.54) is 0 Å². The Hall–Kier alpha value is -2.18. The SMILES string of the molecule is COc1c(C)cnc(CN2CCCN(Cc3ncc(C)c(OC)c3C)CC2)c1C. The quantitative estimate of drug-likeness (QED) is 0.743. The molecule has 0 aromatic carbocycles. The molecule has 0 radical (unpaired) electrons. The number of methoxy groups -OCH3 is 2. The highest BCUT2D eigenvalue weighted by atomic mass is 16.5. The van der Waals surface area contributed by atoms with Crippen LogP contribution in [-0.4, -0.2) is 60.2 Å². The zero-order valence-corrected chi connectivity index (χ0v) is 18.7. The predicted octanol–water partition coefficient (Wildman–Crippen LogP) is 3.44. The van der Waals surface area contributed by atoms with Gasteiger partial charge in [0.1, 0.15) is 11.5 Å². The van der Waals surface area contributed by atoms with Gasteiger partial charge in [-0.05, 0) is 47.2 Å². The van der Waals surface area contributed by atoms with Crippen LogP contribution in [0.25, 0.3) is 0 Å². The van der Waals surface area contributed by atoms with Crippen molar-refractivity contribution in [2.75, 3.05) is 40.4 Å². The van der Waals surface area contributed by atoms with E-state index in [2.05, 4.69) is 33.6 Å². The maximum absolute atomic E-state index is 5.57. The Morgan fingerprint density at radius 1 is 0.724 bits per heavy atom. The molecule has 158 valence electrons. The monoisotopic (exact) mass is 398 g/mol. The van der Waals surface area contributed by atoms with E-state index in [1.807, 2.05) is 26.2 Å². The number of pyridine rings is 2. The lowest BCUT2D eigenvalue weighted by molar-refractivity contribution is 0.243. The zero-order chi connectivity index (χ0) is 21.0. The topological polar surface area (TPSA) is 50.7 Å². The first-order chi connectivity index (χ1) is 13.9. The van der Waals surface area contributed by atoms with E-state index < -0.39 is 0 Å². The summed E-state index contributed by atoms with van der Waals surface area (Å²) in [6.07, 6.45) is 4.99. The minimum Gasteiger partial charge on any atom is -0.496 e. The van der Waals surface area contributed by atoms with Gasteiger partial charge in [0.25, 0.3) is 0 Å². The van der Waals surface area contributed by atoms with Gasteiger partial charge in [0, 0.05) is 60.8 Å². The number of ether oxygens (including phenoxy) is 2. The first kappa shape index (κ1) is 21.5. The highest BCUT2D eigenvalue weighted by Crippen LogP contribution is 2.26. The van der Waals surface area contributed by atoms with Gasteiger partial charge < -0.3 is 9.47 Å². The van der Waals surface area contributed by atoms with Crippen molar-refractivity contribution >= 4 is 0 Å². The van der Waals surface area contributed by atoms with Crippen LogP contribution in [0.3, 0.4) is 0 Å². The predicted molar refractivity (Wildman–Crippen MR) is 116 cm³/mol. The molecule has 1 fully saturated rings. The fourth-order valence-electron chi connectivity index (χ4n) is 4.23. The molecule has 0 amide bonds. The van der Waals surface area contributed by atoms with Crippen LogP contribution in [0.15, 0.2) is 12.4 Å². The van der Waals surface area contributed by atoms with E-state index >= 15 is 0 Å². The second-order valence-corrected chi connectivity index (χ2v) is 8.00. The molecule has 0 saturated carbocycles. The molecule has 0 bridgehead atoms. The van der Waals surface area contributed by atoms with Crippen LogP contribution in [0, 0.1) is 27.7 Å². The van der Waals surface area contributed by atoms with Crippen LogP contribution in [0.5, 0.6) is 11.5 Å². The van der Waals surface area contributed by atoms with Crippen molar-refractivity contribution in [2.24, 2.45) is 0 Å². The Kier molecular flexibility index (Phi) is 7.09. The lowest BCUT2D eigenvalue weighted by Crippen LogP contribution is -2.31. The molecule has 1 aliphatic heterocycles. The van der Waals surface area contributed by atoms with Crippen molar-refractivity contribution in [3.8, 4) is 11.5 Å². The largest absolute Gasteiger partial charge is 0.496 e. The molecular weight excluding hydrogens is 364 g/mol. The molecule has 2 aromatic heterocycles. The van der Waals surface area contributed by atoms with E-state index in [9.17, 15) is 0 Å². The maximum atomic E-state index is 5.57. The summed E-state index contributed by atoms with van der Waals surface area (Å²) in [5.74, 6) is 1.92. The fourth-order valence-corrected chi connectivity index (χ4v) is 4.23. The molecule has 1 aliphatic rings. The van der Waals surface area contributed by atoms with Crippen LogP contribution < -0.4 is 9.47 Å². The second kappa shape index (κ2) is 9.55. The minimum atomic E-state index is 0.867. The number of aryl methyl sites for hydroxylation is 2. The molecule has 6 nitrogen and oxygen atoms in total. The number of hydrogen-bond acceptors (Lipinski definition) is 6. The molecule has 6 heteroatoms. The normalized spacial score (nSPS) is 15.9. The van der Waals surface area contributed by atoms with Crippen molar-refractivity contribution in [3.63, 3.8) is 0 Å². The van der Waals surface area contributed by atoms with E-state index in [1.54, 1.807) is 14.2 Å². The first-order valence-electron chi connectivity index (χ1n) is 10.4. The van der Waals surface area contributed by atoms with Crippen molar-refractivity contribution in [3.05, 3.63) is 46.0 Å². The number of hydrogen-bond donors (Lipinski definition) is 0. The molecule has 0 unspecified atom stereocenters. The zero-order valence-electron chi connectivity index (χ0n) is 18.7. The molecule has 29 heavy (non-hydrogen) atoms. The lowest BCUT2D eigenvalue weighted by atomic mass is 10.1. The molecule has 3 heterocycles. The first-order valence-corrected chi connectivity index (χ1v) is 10.4. The molecule has 1 saturated heterocycles. The van der Waals surface area contributed by atoms with Gasteiger partial charge >= 0.3 is 0 Å². The summed E-state index contributed by atoms with van der Waals surface area (Å²) in [5.41, 5.74) is 6.71. The van der Waals surface area contributed by atoms with Gasteiger partial charge in [-0.25, -0.2) is 0 Å². The maximum Gasteiger partial charge on any atom is 0.128 e. The Balaban J connectivity index is 1.64. The Morgan fingerprint density at radius 2 is 1.14 bits per heavy atom. The van der Waals surface area contributed by atoms with Crippen LogP contribution in [-0.2, 0) is 13.1 Å². The van der Waals surface area contributed by atoms with Crippen LogP contribution in [0.2, 0.25) is 0 Å². The second-order valence-electron chi connectivity index (χ2n) is 8.00. The van der Waals surface area contributed by atoms with Crippen molar-refractivity contribution in [2.45, 2.75) is 47.2 Å². The van der Waals surface area contributed by atoms with Crippen molar-refractivity contribution in [1.29, 1.82) is 0 Å². The van der Waals surface area contributed by atoms with Crippen molar-refractivity contribution in [1.82, 2.24) is 19.8 Å². The van der Waals surface area contributed by atoms with Crippen LogP contribution >= 0.6 is 0 Å². The summed E-state index contributed by atoms with van der Waals surface area (Å²) >= 11 is 0. The van der Waals surface area contributed by atoms with Gasteiger partial charge in [-0.1, -0.05) is 0 Å². The molecule has 0 spiro atoms. The summed E-state index contributed by atoms with van der Waals surface area (Å²) in [6.45, 7) is 14.3. The Bertz CT molecular complexity index is 784. The molecular formula is C23H34N4O2. The smallest absolute Gasteiger partial charge is 0.128 e. The molecule has 0 aliphatic carbocycles. The van der Waals surface area contributed by atoms with Gasteiger partial charge in [0.15, 0.2) is 0 Å². The number of aromatic nitrogens is 2. The van der Waals surface area contributed by atoms with Gasteiger partial charge in [-0.3, -0.25) is 19.8 Å². The highest BCUT2D eigenvalue weighted by molar-refractivity contribution is 5.41. The third-order valence-corrected chi connectivity index (χ3v) is 5.93. The number of nitrogens with zero attached hydrogens (tertiary/aromatic N) is 4. The summed E-state index contributed by atoms with van der Waals surface area (Å²) in [7, 11) is 3.47. The summed E-state index contributed by atoms with van der Waals surface area (Å²) in [4.78, 5) is 14.4. The Morgan fingerprint density at radius 3 is 1.52 bits per heavy atom. The Labute approximate surface area is 174 Å². The average Bonchev–Trinajstić information content (AvgIpc) is 2.92. The summed E-state index contributed by atoms with van der Waals surface area (Å²) < 4.78 is 11.1. The van der Waals surface area contributed by atoms with Crippen LogP contribution in [0.4, 0.5) is 0 Å². The van der Waals surface area contributed by atoms with E-state index in [0.29, 0.717) is 0 Å². The van der Waals surface area contributed by atoms with Crippen molar-refractivity contribution < 1.29 is 9.47 Å². The molecule has 0 N–H and O–H groups in total. The molecule has 2 aromatic rings. The van der Waals surface area contributed by atoms with E-state index in [-0.39, 0.29) is 0 Å². The van der Waals surface area contributed by atoms with Gasteiger partial charge in [0.2, 0.25) is 0 Å². The lowest BCUT2D eigenvalue weighted by Gasteiger charge is -2.23.